The summed E-state index contributed by atoms with van der Waals surface area (Å²) in [6.45, 7) is 4.11. The van der Waals surface area contributed by atoms with Crippen molar-refractivity contribution in [3.05, 3.63) is 0 Å². The van der Waals surface area contributed by atoms with E-state index in [0.29, 0.717) is 6.04 Å². The van der Waals surface area contributed by atoms with Gasteiger partial charge in [-0.2, -0.15) is 0 Å². The van der Waals surface area contributed by atoms with Gasteiger partial charge in [0.25, 0.3) is 0 Å². The van der Waals surface area contributed by atoms with Gasteiger partial charge in [0, 0.05) is 26.2 Å². The second kappa shape index (κ2) is 3.32. The van der Waals surface area contributed by atoms with E-state index in [0.717, 1.165) is 19.5 Å². The SMILES string of the molecule is COC(C)N1CCC(N)C1. The van der Waals surface area contributed by atoms with E-state index in [1.807, 2.05) is 0 Å². The first-order valence-corrected chi connectivity index (χ1v) is 3.76. The van der Waals surface area contributed by atoms with Gasteiger partial charge in [-0.1, -0.05) is 0 Å². The fourth-order valence-corrected chi connectivity index (χ4v) is 1.29. The molecule has 2 atom stereocenters. The number of likely N-dealkylation sites (tertiary alicyclic amines) is 1. The molecule has 1 aliphatic heterocycles. The Hall–Kier alpha value is -0.120. The van der Waals surface area contributed by atoms with Gasteiger partial charge in [0.2, 0.25) is 0 Å². The minimum atomic E-state index is 0.230. The maximum atomic E-state index is 5.72. The molecule has 1 fully saturated rings. The maximum Gasteiger partial charge on any atom is 0.107 e. The third-order valence-electron chi connectivity index (χ3n) is 2.11. The standard InChI is InChI=1S/C7H16N2O/c1-6(10-2)9-4-3-7(8)5-9/h6-7H,3-5,8H2,1-2H3. The van der Waals surface area contributed by atoms with Crippen LogP contribution in [0, 0.1) is 0 Å². The van der Waals surface area contributed by atoms with Crippen LogP contribution in [0.1, 0.15) is 13.3 Å². The van der Waals surface area contributed by atoms with Crippen molar-refractivity contribution in [2.24, 2.45) is 5.73 Å². The Balaban J connectivity index is 2.29. The highest BCUT2D eigenvalue weighted by atomic mass is 16.5. The van der Waals surface area contributed by atoms with Crippen molar-refractivity contribution < 1.29 is 4.74 Å². The summed E-state index contributed by atoms with van der Waals surface area (Å²) in [5.74, 6) is 0. The zero-order chi connectivity index (χ0) is 7.56. The van der Waals surface area contributed by atoms with Gasteiger partial charge in [0.15, 0.2) is 0 Å². The van der Waals surface area contributed by atoms with Gasteiger partial charge in [-0.25, -0.2) is 0 Å². The molecule has 1 aliphatic rings. The molecule has 3 heteroatoms. The number of nitrogens with two attached hydrogens (primary N) is 1. The molecular formula is C7H16N2O. The molecule has 0 aromatic rings. The molecule has 60 valence electrons. The minimum absolute atomic E-state index is 0.230. The van der Waals surface area contributed by atoms with Gasteiger partial charge in [-0.15, -0.1) is 0 Å². The van der Waals surface area contributed by atoms with E-state index in [4.69, 9.17) is 10.5 Å². The van der Waals surface area contributed by atoms with Gasteiger partial charge >= 0.3 is 0 Å². The number of methoxy groups -OCH3 is 1. The largest absolute Gasteiger partial charge is 0.367 e. The van der Waals surface area contributed by atoms with Crippen molar-refractivity contribution in [2.75, 3.05) is 20.2 Å². The van der Waals surface area contributed by atoms with E-state index in [1.54, 1.807) is 7.11 Å². The summed E-state index contributed by atoms with van der Waals surface area (Å²) in [6, 6.07) is 0.359. The van der Waals surface area contributed by atoms with E-state index in [-0.39, 0.29) is 6.23 Å². The number of nitrogens with zero attached hydrogens (tertiary/aromatic N) is 1. The summed E-state index contributed by atoms with van der Waals surface area (Å²) in [4.78, 5) is 2.25. The highest BCUT2D eigenvalue weighted by Gasteiger charge is 2.22. The second-order valence-electron chi connectivity index (χ2n) is 2.88. The topological polar surface area (TPSA) is 38.5 Å². The fraction of sp³-hybridized carbons (Fsp3) is 1.00. The van der Waals surface area contributed by atoms with Crippen LogP contribution in [0.25, 0.3) is 0 Å². The molecule has 1 saturated heterocycles. The summed E-state index contributed by atoms with van der Waals surface area (Å²) < 4.78 is 5.15. The smallest absolute Gasteiger partial charge is 0.107 e. The van der Waals surface area contributed by atoms with Crippen LogP contribution >= 0.6 is 0 Å². The van der Waals surface area contributed by atoms with Gasteiger partial charge in [-0.3, -0.25) is 4.90 Å². The van der Waals surface area contributed by atoms with E-state index in [1.165, 1.54) is 0 Å². The number of ether oxygens (including phenoxy) is 1. The predicted molar refractivity (Wildman–Crippen MR) is 40.6 cm³/mol. The van der Waals surface area contributed by atoms with E-state index in [9.17, 15) is 0 Å². The van der Waals surface area contributed by atoms with Crippen molar-refractivity contribution in [1.82, 2.24) is 4.90 Å². The van der Waals surface area contributed by atoms with Crippen molar-refractivity contribution in [3.63, 3.8) is 0 Å². The molecule has 10 heavy (non-hydrogen) atoms. The normalized spacial score (nSPS) is 30.9. The molecule has 0 aliphatic carbocycles. The molecule has 1 rings (SSSR count). The molecule has 1 heterocycles. The lowest BCUT2D eigenvalue weighted by molar-refractivity contribution is -0.00545. The monoisotopic (exact) mass is 144 g/mol. The zero-order valence-electron chi connectivity index (χ0n) is 6.71. The molecule has 0 radical (unpaired) electrons. The molecule has 0 spiro atoms. The first-order valence-electron chi connectivity index (χ1n) is 3.76. The van der Waals surface area contributed by atoms with Crippen LogP contribution in [-0.4, -0.2) is 37.4 Å². The minimum Gasteiger partial charge on any atom is -0.367 e. The van der Waals surface area contributed by atoms with E-state index in [2.05, 4.69) is 11.8 Å². The van der Waals surface area contributed by atoms with Gasteiger partial charge < -0.3 is 10.5 Å². The van der Waals surface area contributed by atoms with Crippen LogP contribution in [0.15, 0.2) is 0 Å². The van der Waals surface area contributed by atoms with Crippen LogP contribution in [0.5, 0.6) is 0 Å². The number of hydrogen-bond donors (Lipinski definition) is 1. The summed E-state index contributed by atoms with van der Waals surface area (Å²) in [5.41, 5.74) is 5.72. The van der Waals surface area contributed by atoms with Crippen LogP contribution in [0.2, 0.25) is 0 Å². The molecule has 3 nitrogen and oxygen atoms in total. The molecule has 2 N–H and O–H groups in total. The molecule has 0 saturated carbocycles. The van der Waals surface area contributed by atoms with E-state index >= 15 is 0 Å². The predicted octanol–water partition coefficient (Wildman–Crippen LogP) is 0.0118. The van der Waals surface area contributed by atoms with Crippen LogP contribution in [0.3, 0.4) is 0 Å². The lowest BCUT2D eigenvalue weighted by atomic mass is 10.3. The molecular weight excluding hydrogens is 128 g/mol. The Morgan fingerprint density at radius 1 is 1.70 bits per heavy atom. The quantitative estimate of drug-likeness (QED) is 0.593. The lowest BCUT2D eigenvalue weighted by Gasteiger charge is -2.21. The maximum absolute atomic E-state index is 5.72. The molecule has 0 amide bonds. The third-order valence-corrected chi connectivity index (χ3v) is 2.11. The van der Waals surface area contributed by atoms with Crippen LogP contribution in [0.4, 0.5) is 0 Å². The number of hydrogen-bond acceptors (Lipinski definition) is 3. The third kappa shape index (κ3) is 1.68. The average Bonchev–Trinajstić information content (AvgIpc) is 2.34. The van der Waals surface area contributed by atoms with Gasteiger partial charge in [0.05, 0.1) is 0 Å². The second-order valence-corrected chi connectivity index (χ2v) is 2.88. The highest BCUT2D eigenvalue weighted by molar-refractivity contribution is 4.78. The summed E-state index contributed by atoms with van der Waals surface area (Å²) in [6.07, 6.45) is 1.33. The molecule has 0 aromatic heterocycles. The Morgan fingerprint density at radius 3 is 2.80 bits per heavy atom. The summed E-state index contributed by atoms with van der Waals surface area (Å²) >= 11 is 0. The Kier molecular flexibility index (Phi) is 2.65. The first kappa shape index (κ1) is 7.98. The van der Waals surface area contributed by atoms with Crippen molar-refractivity contribution in [3.8, 4) is 0 Å². The Labute approximate surface area is 62.1 Å². The van der Waals surface area contributed by atoms with Crippen molar-refractivity contribution in [1.29, 1.82) is 0 Å². The highest BCUT2D eigenvalue weighted by Crippen LogP contribution is 2.10. The van der Waals surface area contributed by atoms with Crippen LogP contribution < -0.4 is 5.73 Å². The van der Waals surface area contributed by atoms with Crippen LogP contribution in [-0.2, 0) is 4.74 Å². The van der Waals surface area contributed by atoms with Gasteiger partial charge in [-0.05, 0) is 13.3 Å². The van der Waals surface area contributed by atoms with Gasteiger partial charge in [0.1, 0.15) is 6.23 Å². The average molecular weight is 144 g/mol. The summed E-state index contributed by atoms with van der Waals surface area (Å²) in [7, 11) is 1.73. The van der Waals surface area contributed by atoms with Crippen molar-refractivity contribution in [2.45, 2.75) is 25.6 Å². The molecule has 0 bridgehead atoms. The summed E-state index contributed by atoms with van der Waals surface area (Å²) in [5, 5.41) is 0. The Morgan fingerprint density at radius 2 is 2.40 bits per heavy atom. The lowest BCUT2D eigenvalue weighted by Crippen LogP contribution is -2.34. The molecule has 0 aromatic carbocycles. The Bertz CT molecular complexity index is 108. The van der Waals surface area contributed by atoms with Crippen molar-refractivity contribution >= 4 is 0 Å². The van der Waals surface area contributed by atoms with E-state index < -0.39 is 0 Å². The number of rotatable bonds is 2. The fourth-order valence-electron chi connectivity index (χ4n) is 1.29. The zero-order valence-corrected chi connectivity index (χ0v) is 6.71. The molecule has 2 unspecified atom stereocenters. The first-order chi connectivity index (χ1) is 4.74.